The molecule has 1 fully saturated rings. The summed E-state index contributed by atoms with van der Waals surface area (Å²) in [6.45, 7) is 0.722. The molecule has 1 aliphatic rings. The Bertz CT molecular complexity index is 355. The van der Waals surface area contributed by atoms with E-state index in [1.165, 1.54) is 7.11 Å². The van der Waals surface area contributed by atoms with Crippen LogP contribution in [0.1, 0.15) is 19.3 Å². The van der Waals surface area contributed by atoms with Gasteiger partial charge in [0.1, 0.15) is 5.82 Å². The Labute approximate surface area is 95.6 Å². The second kappa shape index (κ2) is 4.20. The molecule has 4 heteroatoms. The summed E-state index contributed by atoms with van der Waals surface area (Å²) < 4.78 is 4.90. The zero-order valence-electron chi connectivity index (χ0n) is 9.82. The fraction of sp³-hybridized carbons (Fsp3) is 0.583. The number of carbonyl (C=O) groups excluding carboxylic acids is 1. The lowest BCUT2D eigenvalue weighted by atomic mass is 9.68. The summed E-state index contributed by atoms with van der Waals surface area (Å²) in [5.41, 5.74) is -0.283. The lowest BCUT2D eigenvalue weighted by molar-refractivity contribution is -0.157. The molecule has 16 heavy (non-hydrogen) atoms. The van der Waals surface area contributed by atoms with Crippen molar-refractivity contribution in [3.05, 3.63) is 18.3 Å². The van der Waals surface area contributed by atoms with E-state index in [0.29, 0.717) is 0 Å². The monoisotopic (exact) mass is 222 g/mol. The molecule has 0 amide bonds. The molecule has 0 radical (unpaired) electrons. The summed E-state index contributed by atoms with van der Waals surface area (Å²) in [7, 11) is 3.46. The van der Waals surface area contributed by atoms with E-state index >= 15 is 0 Å². The van der Waals surface area contributed by atoms with Crippen molar-refractivity contribution < 1.29 is 9.53 Å². The van der Waals surface area contributed by atoms with Crippen molar-refractivity contribution in [3.63, 3.8) is 0 Å². The van der Waals surface area contributed by atoms with Crippen LogP contribution in [0, 0.1) is 5.41 Å². The highest BCUT2D eigenvalue weighted by Crippen LogP contribution is 2.42. The van der Waals surface area contributed by atoms with Crippen LogP contribution in [-0.4, -0.2) is 31.7 Å². The molecular weight excluding hydrogens is 204 g/mol. The summed E-state index contributed by atoms with van der Waals surface area (Å²) in [4.78, 5) is 17.0. The number of methoxy groups -OCH3 is 1. The maximum Gasteiger partial charge on any atom is 0.313 e. The molecule has 1 N–H and O–H groups in total. The first-order chi connectivity index (χ1) is 7.68. The quantitative estimate of drug-likeness (QED) is 0.790. The van der Waals surface area contributed by atoms with Gasteiger partial charge in [-0.25, -0.2) is 0 Å². The van der Waals surface area contributed by atoms with Gasteiger partial charge >= 0.3 is 5.97 Å². The highest BCUT2D eigenvalue weighted by atomic mass is 16.5. The van der Waals surface area contributed by atoms with Gasteiger partial charge < -0.3 is 14.6 Å². The van der Waals surface area contributed by atoms with E-state index in [0.717, 1.165) is 31.6 Å². The molecule has 0 unspecified atom stereocenters. The average Bonchev–Trinajstić information content (AvgIpc) is 2.75. The molecule has 1 aromatic heterocycles. The summed E-state index contributed by atoms with van der Waals surface area (Å²) in [5, 5.41) is 0. The van der Waals surface area contributed by atoms with Crippen LogP contribution in [0.25, 0.3) is 0 Å². The minimum Gasteiger partial charge on any atom is -0.469 e. The number of anilines is 1. The van der Waals surface area contributed by atoms with E-state index in [2.05, 4.69) is 9.88 Å². The number of nitrogens with one attached hydrogen (secondary N) is 1. The molecule has 1 saturated carbocycles. The minimum atomic E-state index is -0.283. The lowest BCUT2D eigenvalue weighted by Gasteiger charge is -2.41. The molecule has 1 aliphatic carbocycles. The molecule has 2 rings (SSSR count). The van der Waals surface area contributed by atoms with Crippen LogP contribution >= 0.6 is 0 Å². The van der Waals surface area contributed by atoms with Crippen molar-refractivity contribution >= 4 is 11.8 Å². The van der Waals surface area contributed by atoms with Gasteiger partial charge in [0.25, 0.3) is 0 Å². The average molecular weight is 222 g/mol. The molecule has 0 bridgehead atoms. The fourth-order valence-corrected chi connectivity index (χ4v) is 2.34. The Morgan fingerprint density at radius 1 is 1.62 bits per heavy atom. The van der Waals surface area contributed by atoms with Gasteiger partial charge in [-0.05, 0) is 25.0 Å². The Kier molecular flexibility index (Phi) is 2.90. The normalized spacial score (nSPS) is 17.6. The smallest absolute Gasteiger partial charge is 0.313 e. The SMILES string of the molecule is COC(=O)C1(CN(C)c2ccc[nH]2)CCC1. The third-order valence-electron chi connectivity index (χ3n) is 3.46. The van der Waals surface area contributed by atoms with Crippen molar-refractivity contribution in [1.29, 1.82) is 0 Å². The van der Waals surface area contributed by atoms with Crippen molar-refractivity contribution in [1.82, 2.24) is 4.98 Å². The summed E-state index contributed by atoms with van der Waals surface area (Å²) in [5.74, 6) is 0.965. The number of esters is 1. The number of hydrogen-bond acceptors (Lipinski definition) is 3. The van der Waals surface area contributed by atoms with Gasteiger partial charge in [0.2, 0.25) is 0 Å². The van der Waals surface area contributed by atoms with E-state index in [-0.39, 0.29) is 11.4 Å². The van der Waals surface area contributed by atoms with Crippen LogP contribution in [0.4, 0.5) is 5.82 Å². The molecule has 88 valence electrons. The topological polar surface area (TPSA) is 45.3 Å². The first-order valence-electron chi connectivity index (χ1n) is 5.61. The molecule has 4 nitrogen and oxygen atoms in total. The van der Waals surface area contributed by atoms with Gasteiger partial charge in [-0.1, -0.05) is 6.42 Å². The molecule has 0 atom stereocenters. The Hall–Kier alpha value is -1.45. The van der Waals surface area contributed by atoms with E-state index < -0.39 is 0 Å². The van der Waals surface area contributed by atoms with Crippen LogP contribution in [0.15, 0.2) is 18.3 Å². The molecule has 0 saturated heterocycles. The number of rotatable bonds is 4. The number of aromatic amines is 1. The predicted octanol–water partition coefficient (Wildman–Crippen LogP) is 1.79. The molecule has 0 aromatic carbocycles. The van der Waals surface area contributed by atoms with Crippen molar-refractivity contribution in [2.75, 3.05) is 25.6 Å². The van der Waals surface area contributed by atoms with Crippen LogP contribution in [0.5, 0.6) is 0 Å². The minimum absolute atomic E-state index is 0.0721. The maximum absolute atomic E-state index is 11.8. The predicted molar refractivity (Wildman–Crippen MR) is 62.4 cm³/mol. The van der Waals surface area contributed by atoms with Crippen LogP contribution in [0.3, 0.4) is 0 Å². The standard InChI is InChI=1S/C12H18N2O2/c1-14(10-5-3-8-13-10)9-12(6-4-7-12)11(15)16-2/h3,5,8,13H,4,6-7,9H2,1-2H3. The summed E-state index contributed by atoms with van der Waals surface area (Å²) in [6.07, 6.45) is 4.88. The summed E-state index contributed by atoms with van der Waals surface area (Å²) in [6, 6.07) is 3.96. The van der Waals surface area contributed by atoms with Crippen LogP contribution < -0.4 is 4.90 Å². The fourth-order valence-electron chi connectivity index (χ4n) is 2.34. The van der Waals surface area contributed by atoms with Gasteiger partial charge in [0, 0.05) is 19.8 Å². The first kappa shape index (κ1) is 11.0. The first-order valence-corrected chi connectivity index (χ1v) is 5.61. The molecule has 1 heterocycles. The number of ether oxygens (including phenoxy) is 1. The Balaban J connectivity index is 2.05. The molecule has 1 aromatic rings. The van der Waals surface area contributed by atoms with Crippen LogP contribution in [0.2, 0.25) is 0 Å². The number of aromatic nitrogens is 1. The van der Waals surface area contributed by atoms with E-state index in [1.807, 2.05) is 25.4 Å². The van der Waals surface area contributed by atoms with E-state index in [9.17, 15) is 4.79 Å². The second-order valence-electron chi connectivity index (χ2n) is 4.54. The third-order valence-corrected chi connectivity index (χ3v) is 3.46. The second-order valence-corrected chi connectivity index (χ2v) is 4.54. The van der Waals surface area contributed by atoms with Gasteiger partial charge in [-0.15, -0.1) is 0 Å². The number of nitrogens with zero attached hydrogens (tertiary/aromatic N) is 1. The van der Waals surface area contributed by atoms with E-state index in [4.69, 9.17) is 4.74 Å². The van der Waals surface area contributed by atoms with Gasteiger partial charge in [-0.3, -0.25) is 4.79 Å². The molecular formula is C12H18N2O2. The van der Waals surface area contributed by atoms with Crippen LogP contribution in [-0.2, 0) is 9.53 Å². The van der Waals surface area contributed by atoms with Crippen molar-refractivity contribution in [2.45, 2.75) is 19.3 Å². The van der Waals surface area contributed by atoms with E-state index in [1.54, 1.807) is 0 Å². The van der Waals surface area contributed by atoms with Gasteiger partial charge in [0.05, 0.1) is 12.5 Å². The highest BCUT2D eigenvalue weighted by molar-refractivity contribution is 5.78. The van der Waals surface area contributed by atoms with Gasteiger partial charge in [-0.2, -0.15) is 0 Å². The van der Waals surface area contributed by atoms with Gasteiger partial charge in [0.15, 0.2) is 0 Å². The number of carbonyl (C=O) groups is 1. The van der Waals surface area contributed by atoms with Crippen molar-refractivity contribution in [3.8, 4) is 0 Å². The Morgan fingerprint density at radius 3 is 2.81 bits per heavy atom. The zero-order valence-corrected chi connectivity index (χ0v) is 9.82. The zero-order chi connectivity index (χ0) is 11.6. The maximum atomic E-state index is 11.8. The Morgan fingerprint density at radius 2 is 2.38 bits per heavy atom. The van der Waals surface area contributed by atoms with Crippen molar-refractivity contribution in [2.24, 2.45) is 5.41 Å². The largest absolute Gasteiger partial charge is 0.469 e. The highest BCUT2D eigenvalue weighted by Gasteiger charge is 2.46. The molecule has 0 aliphatic heterocycles. The molecule has 0 spiro atoms. The third kappa shape index (κ3) is 1.79. The number of H-pyrrole nitrogens is 1. The summed E-state index contributed by atoms with van der Waals surface area (Å²) >= 11 is 0. The lowest BCUT2D eigenvalue weighted by Crippen LogP contribution is -2.47. The number of hydrogen-bond donors (Lipinski definition) is 1.